The van der Waals surface area contributed by atoms with Crippen LogP contribution in [0.25, 0.3) is 0 Å². The van der Waals surface area contributed by atoms with Gasteiger partial charge in [-0.25, -0.2) is 4.98 Å². The Hall–Kier alpha value is -1.69. The van der Waals surface area contributed by atoms with E-state index in [-0.39, 0.29) is 5.91 Å². The van der Waals surface area contributed by atoms with Crippen LogP contribution >= 0.6 is 11.3 Å². The van der Waals surface area contributed by atoms with Gasteiger partial charge < -0.3 is 4.90 Å². The first kappa shape index (κ1) is 14.9. The maximum atomic E-state index is 12.3. The Morgan fingerprint density at radius 1 is 1.26 bits per heavy atom. The van der Waals surface area contributed by atoms with Gasteiger partial charge in [0.1, 0.15) is 6.54 Å². The summed E-state index contributed by atoms with van der Waals surface area (Å²) in [6.45, 7) is 2.03. The molecule has 3 heterocycles. The van der Waals surface area contributed by atoms with Gasteiger partial charge in [0.15, 0.2) is 0 Å². The highest BCUT2D eigenvalue weighted by atomic mass is 32.1. The van der Waals surface area contributed by atoms with Crippen molar-refractivity contribution in [3.8, 4) is 0 Å². The molecule has 2 aromatic heterocycles. The first-order valence-corrected chi connectivity index (χ1v) is 9.35. The van der Waals surface area contributed by atoms with Crippen molar-refractivity contribution in [2.45, 2.75) is 51.0 Å². The number of piperidine rings is 1. The van der Waals surface area contributed by atoms with E-state index in [2.05, 4.69) is 5.10 Å². The second-order valence-electron chi connectivity index (χ2n) is 6.49. The van der Waals surface area contributed by atoms with E-state index in [1.807, 2.05) is 28.5 Å². The van der Waals surface area contributed by atoms with E-state index in [0.717, 1.165) is 32.4 Å². The summed E-state index contributed by atoms with van der Waals surface area (Å²) in [5.41, 5.74) is 1.36. The number of carbonyl (C=O) groups excluding carboxylic acids is 1. The van der Waals surface area contributed by atoms with E-state index in [1.165, 1.54) is 34.8 Å². The molecule has 122 valence electrons. The van der Waals surface area contributed by atoms with Gasteiger partial charge in [0.25, 0.3) is 0 Å². The van der Waals surface area contributed by atoms with Crippen molar-refractivity contribution in [3.05, 3.63) is 34.0 Å². The number of aromatic nitrogens is 3. The third-order valence-corrected chi connectivity index (χ3v) is 6.24. The number of carbonyl (C=O) groups is 1. The summed E-state index contributed by atoms with van der Waals surface area (Å²) >= 11 is 1.93. The molecule has 5 nitrogen and oxygen atoms in total. The summed E-state index contributed by atoms with van der Waals surface area (Å²) < 4.78 is 1.70. The van der Waals surface area contributed by atoms with Gasteiger partial charge in [-0.2, -0.15) is 5.10 Å². The molecule has 0 bridgehead atoms. The lowest BCUT2D eigenvalue weighted by molar-refractivity contribution is -0.133. The van der Waals surface area contributed by atoms with Crippen LogP contribution in [0.3, 0.4) is 0 Å². The van der Waals surface area contributed by atoms with Crippen LogP contribution in [0.5, 0.6) is 0 Å². The molecule has 1 aliphatic heterocycles. The van der Waals surface area contributed by atoms with Crippen LogP contribution in [0.15, 0.2) is 18.5 Å². The summed E-state index contributed by atoms with van der Waals surface area (Å²) in [4.78, 5) is 20.7. The van der Waals surface area contributed by atoms with Crippen LogP contribution < -0.4 is 0 Å². The molecule has 2 aliphatic rings. The summed E-state index contributed by atoms with van der Waals surface area (Å²) in [5.74, 6) is 0.713. The molecule has 0 atom stereocenters. The summed E-state index contributed by atoms with van der Waals surface area (Å²) in [5, 5.41) is 5.43. The van der Waals surface area contributed by atoms with Crippen molar-refractivity contribution >= 4 is 17.2 Å². The van der Waals surface area contributed by atoms with Crippen molar-refractivity contribution in [3.63, 3.8) is 0 Å². The highest BCUT2D eigenvalue weighted by molar-refractivity contribution is 7.11. The van der Waals surface area contributed by atoms with Crippen LogP contribution in [0, 0.1) is 0 Å². The molecule has 0 N–H and O–H groups in total. The van der Waals surface area contributed by atoms with Gasteiger partial charge in [0.2, 0.25) is 5.91 Å². The van der Waals surface area contributed by atoms with Gasteiger partial charge in [-0.05, 0) is 44.6 Å². The number of aryl methyl sites for hydroxylation is 2. The molecule has 1 amide bonds. The van der Waals surface area contributed by atoms with E-state index < -0.39 is 0 Å². The lowest BCUT2D eigenvalue weighted by Crippen LogP contribution is -2.39. The zero-order valence-corrected chi connectivity index (χ0v) is 14.1. The molecule has 1 aliphatic carbocycles. The van der Waals surface area contributed by atoms with Crippen molar-refractivity contribution in [1.82, 2.24) is 19.7 Å². The summed E-state index contributed by atoms with van der Waals surface area (Å²) in [7, 11) is 0. The van der Waals surface area contributed by atoms with E-state index in [0.29, 0.717) is 12.5 Å². The highest BCUT2D eigenvalue weighted by Gasteiger charge is 2.27. The molecule has 6 heteroatoms. The Morgan fingerprint density at radius 2 is 2.09 bits per heavy atom. The van der Waals surface area contributed by atoms with E-state index in [4.69, 9.17) is 4.98 Å². The Bertz CT molecular complexity index is 647. The standard InChI is InChI=1S/C17H22N4OS/c22-16(12-21-9-3-8-18-21)20-10-6-13(7-11-20)17-19-14-4-1-2-5-15(14)23-17/h3,8-9,13H,1-2,4-7,10-12H2. The van der Waals surface area contributed by atoms with Gasteiger partial charge in [-0.3, -0.25) is 9.48 Å². The van der Waals surface area contributed by atoms with Gasteiger partial charge in [-0.1, -0.05) is 0 Å². The quantitative estimate of drug-likeness (QED) is 0.869. The van der Waals surface area contributed by atoms with E-state index in [1.54, 1.807) is 10.9 Å². The molecule has 2 aromatic rings. The molecule has 0 spiro atoms. The first-order chi connectivity index (χ1) is 11.3. The minimum atomic E-state index is 0.172. The fourth-order valence-electron chi connectivity index (χ4n) is 3.55. The maximum Gasteiger partial charge on any atom is 0.244 e. The number of nitrogens with zero attached hydrogens (tertiary/aromatic N) is 4. The molecule has 1 saturated heterocycles. The predicted molar refractivity (Wildman–Crippen MR) is 89.5 cm³/mol. The number of fused-ring (bicyclic) bond motifs is 1. The molecular weight excluding hydrogens is 308 g/mol. The Balaban J connectivity index is 1.35. The molecule has 0 aromatic carbocycles. The number of hydrogen-bond acceptors (Lipinski definition) is 4. The summed E-state index contributed by atoms with van der Waals surface area (Å²) in [6.07, 6.45) is 10.6. The fraction of sp³-hybridized carbons (Fsp3) is 0.588. The van der Waals surface area contributed by atoms with Crippen LogP contribution in [0.1, 0.15) is 47.2 Å². The second kappa shape index (κ2) is 6.43. The van der Waals surface area contributed by atoms with E-state index in [9.17, 15) is 4.79 Å². The van der Waals surface area contributed by atoms with Crippen LogP contribution in [-0.4, -0.2) is 38.7 Å². The lowest BCUT2D eigenvalue weighted by Gasteiger charge is -2.31. The monoisotopic (exact) mass is 330 g/mol. The Labute approximate surface area is 140 Å². The second-order valence-corrected chi connectivity index (χ2v) is 7.60. The van der Waals surface area contributed by atoms with Gasteiger partial charge >= 0.3 is 0 Å². The Kier molecular flexibility index (Phi) is 4.16. The Morgan fingerprint density at radius 3 is 2.83 bits per heavy atom. The SMILES string of the molecule is O=C(Cn1cccn1)N1CCC(c2nc3c(s2)CCCC3)CC1. The average Bonchev–Trinajstić information content (AvgIpc) is 3.24. The molecular formula is C17H22N4OS. The molecule has 23 heavy (non-hydrogen) atoms. The molecule has 4 rings (SSSR count). The minimum Gasteiger partial charge on any atom is -0.341 e. The van der Waals surface area contributed by atoms with Crippen molar-refractivity contribution in [2.24, 2.45) is 0 Å². The minimum absolute atomic E-state index is 0.172. The smallest absolute Gasteiger partial charge is 0.244 e. The third-order valence-electron chi connectivity index (χ3n) is 4.92. The molecule has 0 unspecified atom stereocenters. The fourth-order valence-corrected chi connectivity index (χ4v) is 4.88. The average molecular weight is 330 g/mol. The van der Waals surface area contributed by atoms with Crippen molar-refractivity contribution < 1.29 is 4.79 Å². The lowest BCUT2D eigenvalue weighted by atomic mass is 9.97. The number of hydrogen-bond donors (Lipinski definition) is 0. The van der Waals surface area contributed by atoms with Gasteiger partial charge in [0, 0.05) is 36.3 Å². The normalized spacial score (nSPS) is 18.9. The number of likely N-dealkylation sites (tertiary alicyclic amines) is 1. The number of amides is 1. The zero-order valence-electron chi connectivity index (χ0n) is 13.3. The topological polar surface area (TPSA) is 51.0 Å². The molecule has 0 saturated carbocycles. The van der Waals surface area contributed by atoms with Crippen LogP contribution in [-0.2, 0) is 24.2 Å². The van der Waals surface area contributed by atoms with Crippen molar-refractivity contribution in [2.75, 3.05) is 13.1 Å². The predicted octanol–water partition coefficient (Wildman–Crippen LogP) is 2.62. The summed E-state index contributed by atoms with van der Waals surface area (Å²) in [6, 6.07) is 1.85. The first-order valence-electron chi connectivity index (χ1n) is 8.53. The highest BCUT2D eigenvalue weighted by Crippen LogP contribution is 2.35. The molecule has 1 fully saturated rings. The third kappa shape index (κ3) is 3.17. The maximum absolute atomic E-state index is 12.3. The zero-order chi connectivity index (χ0) is 15.6. The molecule has 0 radical (unpaired) electrons. The number of rotatable bonds is 3. The van der Waals surface area contributed by atoms with Gasteiger partial charge in [0.05, 0.1) is 10.7 Å². The number of thiazole rings is 1. The van der Waals surface area contributed by atoms with Crippen LogP contribution in [0.4, 0.5) is 0 Å². The largest absolute Gasteiger partial charge is 0.341 e. The van der Waals surface area contributed by atoms with Crippen molar-refractivity contribution in [1.29, 1.82) is 0 Å². The van der Waals surface area contributed by atoms with Gasteiger partial charge in [-0.15, -0.1) is 11.3 Å². The van der Waals surface area contributed by atoms with Crippen LogP contribution in [0.2, 0.25) is 0 Å². The van der Waals surface area contributed by atoms with E-state index >= 15 is 0 Å².